The Morgan fingerprint density at radius 2 is 2.06 bits per heavy atom. The minimum atomic E-state index is 0.363. The van der Waals surface area contributed by atoms with Crippen LogP contribution >= 0.6 is 11.6 Å². The average Bonchev–Trinajstić information content (AvgIpc) is 3.20. The van der Waals surface area contributed by atoms with E-state index in [9.17, 15) is 0 Å². The first kappa shape index (κ1) is 19.6. The fraction of sp³-hybridized carbons (Fsp3) is 0.261. The van der Waals surface area contributed by atoms with Gasteiger partial charge in [-0.05, 0) is 54.2 Å². The van der Waals surface area contributed by atoms with Crippen LogP contribution in [0.15, 0.2) is 49.1 Å². The standard InChI is InChI=1S/C23H23ClN6O/c1-31-18-9-14(11-27-20-10-16(7-8-26-20)15-3-2-4-15)5-6-17(18)21-22-23(25)28-12-19(24)30(22)13-29-21/h5-10,12-13,15H,2-4,11H2,1H3,(H2,25,28)(H,26,27). The number of aromatic nitrogens is 4. The highest BCUT2D eigenvalue weighted by Gasteiger charge is 2.20. The summed E-state index contributed by atoms with van der Waals surface area (Å²) < 4.78 is 7.38. The maximum absolute atomic E-state index is 6.23. The van der Waals surface area contributed by atoms with E-state index in [2.05, 4.69) is 32.4 Å². The second-order valence-corrected chi connectivity index (χ2v) is 8.16. The highest BCUT2D eigenvalue weighted by atomic mass is 35.5. The molecule has 158 valence electrons. The highest BCUT2D eigenvalue weighted by Crippen LogP contribution is 2.37. The molecule has 0 saturated heterocycles. The topological polar surface area (TPSA) is 90.4 Å². The lowest BCUT2D eigenvalue weighted by Gasteiger charge is -2.25. The number of pyridine rings is 1. The van der Waals surface area contributed by atoms with Crippen LogP contribution in [-0.2, 0) is 6.54 Å². The fourth-order valence-corrected chi connectivity index (χ4v) is 4.15. The smallest absolute Gasteiger partial charge is 0.150 e. The fourth-order valence-electron chi connectivity index (χ4n) is 3.97. The van der Waals surface area contributed by atoms with Gasteiger partial charge in [-0.25, -0.2) is 15.0 Å². The zero-order valence-electron chi connectivity index (χ0n) is 17.2. The third-order valence-corrected chi connectivity index (χ3v) is 6.19. The maximum Gasteiger partial charge on any atom is 0.150 e. The summed E-state index contributed by atoms with van der Waals surface area (Å²) in [4.78, 5) is 13.1. The Morgan fingerprint density at radius 3 is 2.84 bits per heavy atom. The SMILES string of the molecule is COc1cc(CNc2cc(C3CCC3)ccn2)ccc1-c1ncn2c(Cl)cnc(N)c12. The third kappa shape index (κ3) is 3.65. The molecule has 3 N–H and O–H groups in total. The molecule has 8 heteroatoms. The van der Waals surface area contributed by atoms with Gasteiger partial charge in [-0.1, -0.05) is 24.1 Å². The number of hydrogen-bond acceptors (Lipinski definition) is 6. The Hall–Kier alpha value is -3.32. The molecule has 3 heterocycles. The van der Waals surface area contributed by atoms with Crippen LogP contribution in [0.5, 0.6) is 5.75 Å². The van der Waals surface area contributed by atoms with E-state index in [4.69, 9.17) is 22.1 Å². The molecule has 0 aliphatic heterocycles. The van der Waals surface area contributed by atoms with E-state index in [0.717, 1.165) is 16.9 Å². The zero-order chi connectivity index (χ0) is 21.4. The molecule has 4 aromatic rings. The van der Waals surface area contributed by atoms with Crippen LogP contribution in [-0.4, -0.2) is 26.5 Å². The molecular weight excluding hydrogens is 412 g/mol. The molecule has 0 atom stereocenters. The van der Waals surface area contributed by atoms with Gasteiger partial charge in [-0.15, -0.1) is 0 Å². The van der Waals surface area contributed by atoms with E-state index in [1.807, 2.05) is 24.4 Å². The number of hydrogen-bond donors (Lipinski definition) is 2. The molecule has 1 aromatic carbocycles. The summed E-state index contributed by atoms with van der Waals surface area (Å²) in [5.74, 6) is 2.64. The molecule has 0 unspecified atom stereocenters. The quantitative estimate of drug-likeness (QED) is 0.448. The van der Waals surface area contributed by atoms with Gasteiger partial charge in [0.1, 0.15) is 40.1 Å². The van der Waals surface area contributed by atoms with E-state index in [0.29, 0.717) is 40.4 Å². The maximum atomic E-state index is 6.23. The van der Waals surface area contributed by atoms with Crippen molar-refractivity contribution in [2.45, 2.75) is 31.7 Å². The van der Waals surface area contributed by atoms with Gasteiger partial charge in [0.25, 0.3) is 0 Å². The second kappa shape index (κ2) is 8.07. The molecule has 0 spiro atoms. The summed E-state index contributed by atoms with van der Waals surface area (Å²) in [6.45, 7) is 0.636. The van der Waals surface area contributed by atoms with Crippen LogP contribution in [0.25, 0.3) is 16.8 Å². The molecule has 1 aliphatic carbocycles. The van der Waals surface area contributed by atoms with Crippen LogP contribution in [0.3, 0.4) is 0 Å². The molecule has 0 amide bonds. The number of nitrogens with one attached hydrogen (secondary N) is 1. The molecular formula is C23H23ClN6O. The zero-order valence-corrected chi connectivity index (χ0v) is 17.9. The van der Waals surface area contributed by atoms with E-state index >= 15 is 0 Å². The van der Waals surface area contributed by atoms with Gasteiger partial charge < -0.3 is 15.8 Å². The minimum Gasteiger partial charge on any atom is -0.496 e. The Kier molecular flexibility index (Phi) is 5.11. The molecule has 7 nitrogen and oxygen atoms in total. The number of nitrogens with zero attached hydrogens (tertiary/aromatic N) is 4. The van der Waals surface area contributed by atoms with Crippen LogP contribution < -0.4 is 15.8 Å². The predicted octanol–water partition coefficient (Wildman–Crippen LogP) is 4.92. The van der Waals surface area contributed by atoms with Crippen LogP contribution in [0.4, 0.5) is 11.6 Å². The molecule has 5 rings (SSSR count). The van der Waals surface area contributed by atoms with Crippen molar-refractivity contribution in [3.05, 3.63) is 65.3 Å². The lowest BCUT2D eigenvalue weighted by molar-refractivity contribution is 0.416. The van der Waals surface area contributed by atoms with Crippen LogP contribution in [0.2, 0.25) is 5.15 Å². The highest BCUT2D eigenvalue weighted by molar-refractivity contribution is 6.29. The summed E-state index contributed by atoms with van der Waals surface area (Å²) in [5, 5.41) is 3.87. The Bertz CT molecular complexity index is 1250. The molecule has 31 heavy (non-hydrogen) atoms. The summed E-state index contributed by atoms with van der Waals surface area (Å²) in [6.07, 6.45) is 8.90. The van der Waals surface area contributed by atoms with Gasteiger partial charge in [0.2, 0.25) is 0 Å². The Labute approximate surface area is 185 Å². The number of rotatable bonds is 6. The van der Waals surface area contributed by atoms with Crippen LogP contribution in [0.1, 0.15) is 36.3 Å². The van der Waals surface area contributed by atoms with Crippen LogP contribution in [0, 0.1) is 0 Å². The van der Waals surface area contributed by atoms with Gasteiger partial charge in [0.05, 0.1) is 13.3 Å². The monoisotopic (exact) mass is 434 g/mol. The molecule has 1 saturated carbocycles. The van der Waals surface area contributed by atoms with Gasteiger partial charge in [-0.2, -0.15) is 0 Å². The van der Waals surface area contributed by atoms with Gasteiger partial charge >= 0.3 is 0 Å². The molecule has 3 aromatic heterocycles. The third-order valence-electron chi connectivity index (χ3n) is 5.91. The number of halogens is 1. The number of ether oxygens (including phenoxy) is 1. The lowest BCUT2D eigenvalue weighted by atomic mass is 9.80. The van der Waals surface area contributed by atoms with Crippen molar-refractivity contribution in [3.63, 3.8) is 0 Å². The van der Waals surface area contributed by atoms with Crippen molar-refractivity contribution in [1.29, 1.82) is 0 Å². The van der Waals surface area contributed by atoms with E-state index in [-0.39, 0.29) is 0 Å². The molecule has 1 aliphatic rings. The van der Waals surface area contributed by atoms with Gasteiger partial charge in [0, 0.05) is 18.3 Å². The number of anilines is 2. The molecule has 1 fully saturated rings. The second-order valence-electron chi connectivity index (χ2n) is 7.77. The van der Waals surface area contributed by atoms with E-state index < -0.39 is 0 Å². The van der Waals surface area contributed by atoms with Crippen molar-refractivity contribution in [2.75, 3.05) is 18.2 Å². The Balaban J connectivity index is 1.40. The van der Waals surface area contributed by atoms with Gasteiger partial charge in [-0.3, -0.25) is 4.40 Å². The van der Waals surface area contributed by atoms with Crippen molar-refractivity contribution >= 4 is 28.8 Å². The number of imidazole rings is 1. The number of fused-ring (bicyclic) bond motifs is 1. The van der Waals surface area contributed by atoms with Crippen molar-refractivity contribution < 1.29 is 4.74 Å². The van der Waals surface area contributed by atoms with Crippen molar-refractivity contribution in [3.8, 4) is 17.0 Å². The van der Waals surface area contributed by atoms with Crippen molar-refractivity contribution in [2.24, 2.45) is 0 Å². The average molecular weight is 435 g/mol. The van der Waals surface area contributed by atoms with E-state index in [1.54, 1.807) is 17.8 Å². The summed E-state index contributed by atoms with van der Waals surface area (Å²) in [6, 6.07) is 10.3. The summed E-state index contributed by atoms with van der Waals surface area (Å²) >= 11 is 6.23. The largest absolute Gasteiger partial charge is 0.496 e. The first-order chi connectivity index (χ1) is 15.1. The summed E-state index contributed by atoms with van der Waals surface area (Å²) in [7, 11) is 1.65. The first-order valence-corrected chi connectivity index (χ1v) is 10.7. The number of benzene rings is 1. The number of nitrogen functional groups attached to an aromatic ring is 1. The molecule has 0 bridgehead atoms. The molecule has 0 radical (unpaired) electrons. The predicted molar refractivity (Wildman–Crippen MR) is 123 cm³/mol. The first-order valence-electron chi connectivity index (χ1n) is 10.3. The van der Waals surface area contributed by atoms with Gasteiger partial charge in [0.15, 0.2) is 0 Å². The number of methoxy groups -OCH3 is 1. The normalized spacial score (nSPS) is 13.9. The minimum absolute atomic E-state index is 0.363. The Morgan fingerprint density at radius 1 is 1.19 bits per heavy atom. The van der Waals surface area contributed by atoms with Crippen molar-refractivity contribution in [1.82, 2.24) is 19.4 Å². The van der Waals surface area contributed by atoms with E-state index in [1.165, 1.54) is 31.0 Å². The summed E-state index contributed by atoms with van der Waals surface area (Å²) in [5.41, 5.74) is 10.7. The number of nitrogens with two attached hydrogens (primary N) is 1. The lowest BCUT2D eigenvalue weighted by Crippen LogP contribution is -2.10.